The molecule has 0 aliphatic carbocycles. The van der Waals surface area contributed by atoms with Crippen molar-refractivity contribution >= 4 is 27.0 Å². The van der Waals surface area contributed by atoms with Crippen molar-refractivity contribution in [2.75, 3.05) is 11.5 Å². The second-order valence-corrected chi connectivity index (χ2v) is 7.76. The van der Waals surface area contributed by atoms with Crippen LogP contribution in [0.2, 0.25) is 0 Å². The minimum absolute atomic E-state index is 0.130. The van der Waals surface area contributed by atoms with E-state index in [1.54, 1.807) is 25.2 Å². The fraction of sp³-hybridized carbons (Fsp3) is 0.133. The predicted octanol–water partition coefficient (Wildman–Crippen LogP) is 2.68. The van der Waals surface area contributed by atoms with E-state index in [-0.39, 0.29) is 11.7 Å². The Balaban J connectivity index is 1.71. The van der Waals surface area contributed by atoms with E-state index >= 15 is 0 Å². The molecule has 0 radical (unpaired) electrons. The van der Waals surface area contributed by atoms with Gasteiger partial charge in [-0.3, -0.25) is 9.40 Å². The van der Waals surface area contributed by atoms with Crippen LogP contribution in [0.3, 0.4) is 0 Å². The van der Waals surface area contributed by atoms with Crippen molar-refractivity contribution in [2.45, 2.75) is 4.90 Å². The van der Waals surface area contributed by atoms with Gasteiger partial charge in [-0.1, -0.05) is 6.07 Å². The van der Waals surface area contributed by atoms with Crippen LogP contribution in [0.4, 0.5) is 5.69 Å². The first-order chi connectivity index (χ1) is 11.5. The van der Waals surface area contributed by atoms with Gasteiger partial charge in [-0.25, -0.2) is 8.42 Å². The Kier molecular flexibility index (Phi) is 3.47. The maximum Gasteiger partial charge on any atom is 0.265 e. The number of fused-ring (bicyclic) bond motifs is 1. The number of hydrogen-bond acceptors (Lipinski definition) is 6. The highest BCUT2D eigenvalue weighted by molar-refractivity contribution is 7.92. The highest BCUT2D eigenvalue weighted by Gasteiger charge is 2.24. The summed E-state index contributed by atoms with van der Waals surface area (Å²) in [6.45, 7) is 0.136. The summed E-state index contributed by atoms with van der Waals surface area (Å²) in [4.78, 5) is 0.923. The Morgan fingerprint density at radius 3 is 2.88 bits per heavy atom. The summed E-state index contributed by atoms with van der Waals surface area (Å²) >= 11 is 1.44. The third-order valence-electron chi connectivity index (χ3n) is 3.46. The molecule has 0 saturated carbocycles. The van der Waals surface area contributed by atoms with Gasteiger partial charge in [0.25, 0.3) is 10.0 Å². The largest absolute Gasteiger partial charge is 0.454 e. The second kappa shape index (κ2) is 5.53. The number of anilines is 1. The predicted molar refractivity (Wildman–Crippen MR) is 89.9 cm³/mol. The summed E-state index contributed by atoms with van der Waals surface area (Å²) in [6.07, 6.45) is 1.49. The molecule has 1 aliphatic heterocycles. The van der Waals surface area contributed by atoms with Crippen LogP contribution >= 0.6 is 11.3 Å². The summed E-state index contributed by atoms with van der Waals surface area (Å²) in [5, 5.41) is 6.16. The highest BCUT2D eigenvalue weighted by atomic mass is 32.2. The molecule has 9 heteroatoms. The lowest BCUT2D eigenvalue weighted by Crippen LogP contribution is -2.13. The fourth-order valence-corrected chi connectivity index (χ4v) is 4.45. The maximum absolute atomic E-state index is 12.8. The van der Waals surface area contributed by atoms with Crippen LogP contribution in [-0.4, -0.2) is 25.0 Å². The monoisotopic (exact) mass is 363 g/mol. The van der Waals surface area contributed by atoms with Crippen molar-refractivity contribution in [3.8, 4) is 22.1 Å². The van der Waals surface area contributed by atoms with Crippen molar-refractivity contribution in [3.05, 3.63) is 41.9 Å². The molecule has 0 spiro atoms. The minimum Gasteiger partial charge on any atom is -0.454 e. The number of aryl methyl sites for hydroxylation is 1. The maximum atomic E-state index is 12.8. The third kappa shape index (κ3) is 2.61. The Labute approximate surface area is 142 Å². The van der Waals surface area contributed by atoms with Gasteiger partial charge in [0.2, 0.25) is 6.79 Å². The molecule has 0 fully saturated rings. The molecule has 4 rings (SSSR count). The molecule has 0 unspecified atom stereocenters. The first-order valence-corrected chi connectivity index (χ1v) is 9.39. The lowest BCUT2D eigenvalue weighted by atomic mass is 10.3. The summed E-state index contributed by atoms with van der Waals surface area (Å²) in [7, 11) is -2.10. The van der Waals surface area contributed by atoms with Gasteiger partial charge < -0.3 is 9.47 Å². The Bertz CT molecular complexity index is 994. The van der Waals surface area contributed by atoms with Crippen LogP contribution in [0.15, 0.2) is 46.8 Å². The zero-order valence-corrected chi connectivity index (χ0v) is 14.2. The zero-order chi connectivity index (χ0) is 16.7. The van der Waals surface area contributed by atoms with Gasteiger partial charge in [0, 0.05) is 19.3 Å². The van der Waals surface area contributed by atoms with E-state index in [0.717, 1.165) is 4.88 Å². The highest BCUT2D eigenvalue weighted by Crippen LogP contribution is 2.36. The summed E-state index contributed by atoms with van der Waals surface area (Å²) in [5.74, 6) is 1.11. The number of nitrogens with one attached hydrogen (secondary N) is 1. The summed E-state index contributed by atoms with van der Waals surface area (Å²) < 4.78 is 40.2. The molecule has 0 atom stereocenters. The molecule has 2 aromatic heterocycles. The quantitative estimate of drug-likeness (QED) is 0.771. The van der Waals surface area contributed by atoms with E-state index in [1.807, 2.05) is 17.5 Å². The number of hydrogen-bond donors (Lipinski definition) is 1. The topological polar surface area (TPSA) is 82.5 Å². The van der Waals surface area contributed by atoms with E-state index < -0.39 is 10.0 Å². The van der Waals surface area contributed by atoms with Crippen LogP contribution in [0.25, 0.3) is 10.6 Å². The Morgan fingerprint density at radius 2 is 2.08 bits per heavy atom. The number of aromatic nitrogens is 2. The van der Waals surface area contributed by atoms with Gasteiger partial charge in [-0.2, -0.15) is 5.10 Å². The Morgan fingerprint density at radius 1 is 1.25 bits per heavy atom. The molecular formula is C15H13N3O4S2. The second-order valence-electron chi connectivity index (χ2n) is 5.17. The average Bonchev–Trinajstić information content (AvgIpc) is 3.25. The first kappa shape index (κ1) is 15.0. The van der Waals surface area contributed by atoms with E-state index in [2.05, 4.69) is 9.82 Å². The van der Waals surface area contributed by atoms with Gasteiger partial charge in [-0.15, -0.1) is 11.3 Å². The summed E-state index contributed by atoms with van der Waals surface area (Å²) in [5.41, 5.74) is 0.834. The number of nitrogens with zero attached hydrogens (tertiary/aromatic N) is 2. The standard InChI is InChI=1S/C15H13N3O4S2/c1-18-8-14(15(16-18)13-3-2-6-23-13)24(19,20)17-10-4-5-11-12(7-10)22-9-21-11/h2-8,17H,9H2,1H3. The molecule has 1 aromatic carbocycles. The molecule has 124 valence electrons. The molecule has 0 bridgehead atoms. The number of sulfonamides is 1. The van der Waals surface area contributed by atoms with Crippen molar-refractivity contribution < 1.29 is 17.9 Å². The van der Waals surface area contributed by atoms with Gasteiger partial charge >= 0.3 is 0 Å². The first-order valence-electron chi connectivity index (χ1n) is 7.03. The van der Waals surface area contributed by atoms with Gasteiger partial charge in [0.05, 0.1) is 10.6 Å². The lowest BCUT2D eigenvalue weighted by molar-refractivity contribution is 0.174. The van der Waals surface area contributed by atoms with Crippen LogP contribution < -0.4 is 14.2 Å². The van der Waals surface area contributed by atoms with Crippen molar-refractivity contribution in [1.82, 2.24) is 9.78 Å². The lowest BCUT2D eigenvalue weighted by Gasteiger charge is -2.08. The summed E-state index contributed by atoms with van der Waals surface area (Å²) in [6, 6.07) is 8.60. The molecule has 1 aliphatic rings. The van der Waals surface area contributed by atoms with Crippen LogP contribution in [0.5, 0.6) is 11.5 Å². The molecule has 24 heavy (non-hydrogen) atoms. The minimum atomic E-state index is -3.79. The number of thiophene rings is 1. The molecule has 1 N–H and O–H groups in total. The molecule has 0 amide bonds. The smallest absolute Gasteiger partial charge is 0.265 e. The third-order valence-corrected chi connectivity index (χ3v) is 5.72. The number of ether oxygens (including phenoxy) is 2. The molecular weight excluding hydrogens is 350 g/mol. The fourth-order valence-electron chi connectivity index (χ4n) is 2.42. The zero-order valence-electron chi connectivity index (χ0n) is 12.6. The Hall–Kier alpha value is -2.52. The van der Waals surface area contributed by atoms with Gasteiger partial charge in [0.15, 0.2) is 11.5 Å². The molecule has 0 saturated heterocycles. The number of benzene rings is 1. The average molecular weight is 363 g/mol. The van der Waals surface area contributed by atoms with E-state index in [9.17, 15) is 8.42 Å². The van der Waals surface area contributed by atoms with Crippen LogP contribution in [0, 0.1) is 0 Å². The van der Waals surface area contributed by atoms with Crippen LogP contribution in [-0.2, 0) is 17.1 Å². The molecule has 3 aromatic rings. The van der Waals surface area contributed by atoms with Crippen molar-refractivity contribution in [1.29, 1.82) is 0 Å². The van der Waals surface area contributed by atoms with Gasteiger partial charge in [0.1, 0.15) is 10.6 Å². The molecule has 7 nitrogen and oxygen atoms in total. The number of rotatable bonds is 4. The normalized spacial score (nSPS) is 13.2. The SMILES string of the molecule is Cn1cc(S(=O)(=O)Nc2ccc3c(c2)OCO3)c(-c2cccs2)n1. The molecule has 3 heterocycles. The van der Waals surface area contributed by atoms with E-state index in [4.69, 9.17) is 9.47 Å². The van der Waals surface area contributed by atoms with Crippen molar-refractivity contribution in [2.24, 2.45) is 7.05 Å². The van der Waals surface area contributed by atoms with Crippen LogP contribution in [0.1, 0.15) is 0 Å². The van der Waals surface area contributed by atoms with E-state index in [0.29, 0.717) is 22.9 Å². The van der Waals surface area contributed by atoms with E-state index in [1.165, 1.54) is 22.2 Å². The van der Waals surface area contributed by atoms with Gasteiger partial charge in [-0.05, 0) is 23.6 Å². The van der Waals surface area contributed by atoms with Crippen molar-refractivity contribution in [3.63, 3.8) is 0 Å².